The Balaban J connectivity index is 2.32. The van der Waals surface area contributed by atoms with Crippen LogP contribution in [0.1, 0.15) is 26.3 Å². The van der Waals surface area contributed by atoms with E-state index in [-0.39, 0.29) is 5.91 Å². The lowest BCUT2D eigenvalue weighted by molar-refractivity contribution is 0.0602. The summed E-state index contributed by atoms with van der Waals surface area (Å²) < 4.78 is 5.53. The van der Waals surface area contributed by atoms with E-state index >= 15 is 0 Å². The van der Waals surface area contributed by atoms with Crippen LogP contribution in [0.4, 0.5) is 5.69 Å². The Bertz CT molecular complexity index is 698. The zero-order chi connectivity index (χ0) is 15.4. The fourth-order valence-corrected chi connectivity index (χ4v) is 2.27. The monoisotopic (exact) mass is 347 g/mol. The third kappa shape index (κ3) is 3.49. The summed E-state index contributed by atoms with van der Waals surface area (Å²) in [6.07, 6.45) is 0. The van der Waals surface area contributed by atoms with Crippen molar-refractivity contribution in [1.29, 1.82) is 0 Å². The van der Waals surface area contributed by atoms with Gasteiger partial charge in [-0.2, -0.15) is 0 Å². The molecule has 0 heterocycles. The van der Waals surface area contributed by atoms with Crippen molar-refractivity contribution < 1.29 is 14.3 Å². The maximum Gasteiger partial charge on any atom is 0.339 e. The molecule has 0 radical (unpaired) electrons. The fraction of sp³-hybridized carbons (Fsp3) is 0.125. The van der Waals surface area contributed by atoms with Crippen LogP contribution in [0.5, 0.6) is 0 Å². The van der Waals surface area contributed by atoms with Crippen LogP contribution in [-0.2, 0) is 4.74 Å². The summed E-state index contributed by atoms with van der Waals surface area (Å²) in [6, 6.07) is 12.2. The van der Waals surface area contributed by atoms with E-state index < -0.39 is 5.97 Å². The molecule has 2 aromatic carbocycles. The molecule has 2 aromatic rings. The van der Waals surface area contributed by atoms with Gasteiger partial charge in [0.25, 0.3) is 5.91 Å². The predicted octanol–water partition coefficient (Wildman–Crippen LogP) is 3.80. The van der Waals surface area contributed by atoms with Gasteiger partial charge in [0, 0.05) is 10.0 Å². The molecule has 0 saturated carbocycles. The molecule has 0 atom stereocenters. The molecule has 0 aliphatic rings. The molecule has 21 heavy (non-hydrogen) atoms. The van der Waals surface area contributed by atoms with E-state index in [0.29, 0.717) is 16.8 Å². The lowest BCUT2D eigenvalue weighted by atomic mass is 10.1. The summed E-state index contributed by atoms with van der Waals surface area (Å²) >= 11 is 3.34. The van der Waals surface area contributed by atoms with E-state index in [2.05, 4.69) is 21.2 Å². The zero-order valence-electron chi connectivity index (χ0n) is 11.6. The van der Waals surface area contributed by atoms with Crippen molar-refractivity contribution in [2.24, 2.45) is 0 Å². The number of amides is 1. The standard InChI is InChI=1S/C16H14BrNO3/c1-10-7-8-11(17)9-13(10)15(19)18-14-6-4-3-5-12(14)16(20)21-2/h3-9H,1-2H3,(H,18,19). The van der Waals surface area contributed by atoms with Crippen molar-refractivity contribution in [2.45, 2.75) is 6.92 Å². The number of methoxy groups -OCH3 is 1. The van der Waals surface area contributed by atoms with Gasteiger partial charge in [0.05, 0.1) is 18.4 Å². The Hall–Kier alpha value is -2.14. The van der Waals surface area contributed by atoms with Gasteiger partial charge in [0.1, 0.15) is 0 Å². The minimum absolute atomic E-state index is 0.273. The first-order chi connectivity index (χ1) is 10.0. The first kappa shape index (κ1) is 15.3. The third-order valence-electron chi connectivity index (χ3n) is 3.02. The molecule has 4 nitrogen and oxygen atoms in total. The zero-order valence-corrected chi connectivity index (χ0v) is 13.2. The highest BCUT2D eigenvalue weighted by Crippen LogP contribution is 2.20. The van der Waals surface area contributed by atoms with Crippen LogP contribution in [-0.4, -0.2) is 19.0 Å². The topological polar surface area (TPSA) is 55.4 Å². The summed E-state index contributed by atoms with van der Waals surface area (Å²) in [5.41, 5.74) is 2.14. The maximum atomic E-state index is 12.4. The van der Waals surface area contributed by atoms with Crippen molar-refractivity contribution in [3.63, 3.8) is 0 Å². The van der Waals surface area contributed by atoms with Crippen molar-refractivity contribution in [3.8, 4) is 0 Å². The molecular formula is C16H14BrNO3. The quantitative estimate of drug-likeness (QED) is 0.859. The Morgan fingerprint density at radius 2 is 1.81 bits per heavy atom. The van der Waals surface area contributed by atoms with E-state index in [0.717, 1.165) is 10.0 Å². The number of rotatable bonds is 3. The number of hydrogen-bond donors (Lipinski definition) is 1. The number of para-hydroxylation sites is 1. The summed E-state index contributed by atoms with van der Waals surface area (Å²) in [6.45, 7) is 1.85. The largest absolute Gasteiger partial charge is 0.465 e. The second-order valence-electron chi connectivity index (χ2n) is 4.45. The van der Waals surface area contributed by atoms with Crippen molar-refractivity contribution in [2.75, 3.05) is 12.4 Å². The number of esters is 1. The van der Waals surface area contributed by atoms with E-state index in [1.807, 2.05) is 19.1 Å². The van der Waals surface area contributed by atoms with Crippen LogP contribution < -0.4 is 5.32 Å². The van der Waals surface area contributed by atoms with Gasteiger partial charge in [-0.1, -0.05) is 34.1 Å². The Kier molecular flexibility index (Phi) is 4.75. The molecule has 0 aliphatic carbocycles. The minimum atomic E-state index is -0.489. The van der Waals surface area contributed by atoms with Gasteiger partial charge in [0.2, 0.25) is 0 Å². The van der Waals surface area contributed by atoms with Crippen LogP contribution in [0.3, 0.4) is 0 Å². The third-order valence-corrected chi connectivity index (χ3v) is 3.52. The molecule has 0 spiro atoms. The van der Waals surface area contributed by atoms with Crippen LogP contribution in [0, 0.1) is 6.92 Å². The number of halogens is 1. The highest BCUT2D eigenvalue weighted by atomic mass is 79.9. The second kappa shape index (κ2) is 6.54. The van der Waals surface area contributed by atoms with Gasteiger partial charge < -0.3 is 10.1 Å². The number of hydrogen-bond acceptors (Lipinski definition) is 3. The molecule has 1 N–H and O–H groups in total. The van der Waals surface area contributed by atoms with Crippen LogP contribution in [0.2, 0.25) is 0 Å². The Labute approximate surface area is 131 Å². The Morgan fingerprint density at radius 3 is 2.52 bits per heavy atom. The molecule has 0 fully saturated rings. The van der Waals surface area contributed by atoms with Gasteiger partial charge in [-0.3, -0.25) is 4.79 Å². The van der Waals surface area contributed by atoms with Crippen molar-refractivity contribution in [3.05, 3.63) is 63.6 Å². The molecule has 108 valence electrons. The van der Waals surface area contributed by atoms with E-state index in [1.165, 1.54) is 7.11 Å². The van der Waals surface area contributed by atoms with Crippen LogP contribution in [0.15, 0.2) is 46.9 Å². The van der Waals surface area contributed by atoms with E-state index in [4.69, 9.17) is 4.74 Å². The van der Waals surface area contributed by atoms with Gasteiger partial charge in [0.15, 0.2) is 0 Å². The molecule has 5 heteroatoms. The summed E-state index contributed by atoms with van der Waals surface area (Å²) in [5, 5.41) is 2.75. The number of carbonyl (C=O) groups excluding carboxylic acids is 2. The van der Waals surface area contributed by atoms with Crippen LogP contribution in [0.25, 0.3) is 0 Å². The number of ether oxygens (including phenoxy) is 1. The predicted molar refractivity (Wildman–Crippen MR) is 84.6 cm³/mol. The molecule has 0 aliphatic heterocycles. The van der Waals surface area contributed by atoms with Gasteiger partial charge in [-0.05, 0) is 36.8 Å². The fourth-order valence-electron chi connectivity index (χ4n) is 1.91. The van der Waals surface area contributed by atoms with E-state index in [1.54, 1.807) is 30.3 Å². The van der Waals surface area contributed by atoms with E-state index in [9.17, 15) is 9.59 Å². The van der Waals surface area contributed by atoms with Gasteiger partial charge >= 0.3 is 5.97 Å². The van der Waals surface area contributed by atoms with Crippen molar-refractivity contribution in [1.82, 2.24) is 0 Å². The number of benzene rings is 2. The number of anilines is 1. The molecule has 0 saturated heterocycles. The molecule has 0 unspecified atom stereocenters. The normalized spacial score (nSPS) is 10.0. The summed E-state index contributed by atoms with van der Waals surface area (Å²) in [7, 11) is 1.30. The molecule has 0 aromatic heterocycles. The summed E-state index contributed by atoms with van der Waals surface area (Å²) in [4.78, 5) is 24.1. The van der Waals surface area contributed by atoms with Crippen LogP contribution >= 0.6 is 15.9 Å². The summed E-state index contributed by atoms with van der Waals surface area (Å²) in [5.74, 6) is -0.762. The molecule has 2 rings (SSSR count). The number of aryl methyl sites for hydroxylation is 1. The molecule has 0 bridgehead atoms. The Morgan fingerprint density at radius 1 is 1.10 bits per heavy atom. The van der Waals surface area contributed by atoms with Gasteiger partial charge in [-0.25, -0.2) is 4.79 Å². The smallest absolute Gasteiger partial charge is 0.339 e. The highest BCUT2D eigenvalue weighted by Gasteiger charge is 2.15. The lowest BCUT2D eigenvalue weighted by Crippen LogP contribution is -2.16. The second-order valence-corrected chi connectivity index (χ2v) is 5.37. The average Bonchev–Trinajstić information content (AvgIpc) is 2.49. The first-order valence-corrected chi connectivity index (χ1v) is 7.07. The van der Waals surface area contributed by atoms with Gasteiger partial charge in [-0.15, -0.1) is 0 Å². The SMILES string of the molecule is COC(=O)c1ccccc1NC(=O)c1cc(Br)ccc1C. The minimum Gasteiger partial charge on any atom is -0.465 e. The lowest BCUT2D eigenvalue weighted by Gasteiger charge is -2.11. The average molecular weight is 348 g/mol. The first-order valence-electron chi connectivity index (χ1n) is 6.27. The number of nitrogens with one attached hydrogen (secondary N) is 1. The maximum absolute atomic E-state index is 12.4. The highest BCUT2D eigenvalue weighted by molar-refractivity contribution is 9.10. The molecular weight excluding hydrogens is 334 g/mol. The number of carbonyl (C=O) groups is 2. The van der Waals surface area contributed by atoms with Crippen molar-refractivity contribution >= 4 is 33.5 Å². The molecule has 1 amide bonds.